The van der Waals surface area contributed by atoms with Gasteiger partial charge < -0.3 is 4.74 Å². The van der Waals surface area contributed by atoms with E-state index >= 15 is 0 Å². The van der Waals surface area contributed by atoms with Crippen LogP contribution in [0.4, 0.5) is 0 Å². The molecule has 0 spiro atoms. The average molecular weight is 304 g/mol. The maximum absolute atomic E-state index is 5.98. The van der Waals surface area contributed by atoms with Gasteiger partial charge in [0.25, 0.3) is 0 Å². The van der Waals surface area contributed by atoms with E-state index in [-0.39, 0.29) is 0 Å². The molecule has 88 valence electrons. The van der Waals surface area contributed by atoms with Crippen molar-refractivity contribution in [1.29, 1.82) is 0 Å². The Labute approximate surface area is 111 Å². The van der Waals surface area contributed by atoms with Gasteiger partial charge in [0.15, 0.2) is 0 Å². The van der Waals surface area contributed by atoms with E-state index in [1.54, 1.807) is 7.11 Å². The van der Waals surface area contributed by atoms with Crippen LogP contribution >= 0.6 is 27.5 Å². The summed E-state index contributed by atoms with van der Waals surface area (Å²) in [5.74, 6) is 0.899. The summed E-state index contributed by atoms with van der Waals surface area (Å²) in [6.07, 6.45) is 4.17. The number of ether oxygens (including phenoxy) is 1. The van der Waals surface area contributed by atoms with Crippen molar-refractivity contribution in [2.75, 3.05) is 12.4 Å². The van der Waals surface area contributed by atoms with Crippen LogP contribution in [0, 0.1) is 0 Å². The topological polar surface area (TPSA) is 9.23 Å². The molecule has 0 bridgehead atoms. The molecule has 0 unspecified atom stereocenters. The van der Waals surface area contributed by atoms with Crippen LogP contribution < -0.4 is 4.74 Å². The highest BCUT2D eigenvalue weighted by atomic mass is 79.9. The van der Waals surface area contributed by atoms with Crippen LogP contribution in [-0.4, -0.2) is 12.4 Å². The van der Waals surface area contributed by atoms with Gasteiger partial charge in [0.2, 0.25) is 0 Å². The molecule has 0 radical (unpaired) electrons. The molecule has 0 heterocycles. The number of rotatable bonds is 5. The van der Waals surface area contributed by atoms with Crippen LogP contribution in [0.2, 0.25) is 5.02 Å². The number of allylic oxidation sites excluding steroid dienone is 2. The monoisotopic (exact) mass is 302 g/mol. The van der Waals surface area contributed by atoms with Gasteiger partial charge in [-0.25, -0.2) is 0 Å². The van der Waals surface area contributed by atoms with Gasteiger partial charge in [0, 0.05) is 10.4 Å². The van der Waals surface area contributed by atoms with E-state index < -0.39 is 0 Å². The third kappa shape index (κ3) is 4.18. The summed E-state index contributed by atoms with van der Waals surface area (Å²) in [6, 6.07) is 5.72. The second kappa shape index (κ2) is 6.97. The Morgan fingerprint density at radius 1 is 1.50 bits per heavy atom. The Kier molecular flexibility index (Phi) is 5.93. The fourth-order valence-corrected chi connectivity index (χ4v) is 1.98. The molecule has 1 aromatic rings. The molecule has 1 rings (SSSR count). The van der Waals surface area contributed by atoms with Crippen molar-refractivity contribution in [1.82, 2.24) is 0 Å². The molecule has 16 heavy (non-hydrogen) atoms. The number of hydrogen-bond acceptors (Lipinski definition) is 1. The first kappa shape index (κ1) is 13.6. The average Bonchev–Trinajstić information content (AvgIpc) is 2.27. The van der Waals surface area contributed by atoms with Crippen LogP contribution in [-0.2, 0) is 6.42 Å². The van der Waals surface area contributed by atoms with Gasteiger partial charge in [0.05, 0.1) is 7.11 Å². The predicted molar refractivity (Wildman–Crippen MR) is 73.9 cm³/mol. The first-order valence-corrected chi connectivity index (χ1v) is 6.71. The lowest BCUT2D eigenvalue weighted by molar-refractivity contribution is 0.410. The zero-order chi connectivity index (χ0) is 12.0. The van der Waals surface area contributed by atoms with Gasteiger partial charge >= 0.3 is 0 Å². The van der Waals surface area contributed by atoms with E-state index in [0.717, 1.165) is 34.5 Å². The van der Waals surface area contributed by atoms with Crippen molar-refractivity contribution >= 4 is 27.5 Å². The lowest BCUT2D eigenvalue weighted by Gasteiger charge is -2.09. The van der Waals surface area contributed by atoms with Gasteiger partial charge in [-0.2, -0.15) is 0 Å². The summed E-state index contributed by atoms with van der Waals surface area (Å²) in [6.45, 7) is 2.13. The lowest BCUT2D eigenvalue weighted by Crippen LogP contribution is -1.93. The zero-order valence-corrected chi connectivity index (χ0v) is 11.9. The molecule has 1 aromatic carbocycles. The Hall–Kier alpha value is -0.470. The van der Waals surface area contributed by atoms with Crippen LogP contribution in [0.15, 0.2) is 29.8 Å². The molecule has 0 aliphatic heterocycles. The summed E-state index contributed by atoms with van der Waals surface area (Å²) < 4.78 is 5.31. The molecule has 0 saturated carbocycles. The van der Waals surface area contributed by atoms with Crippen molar-refractivity contribution < 1.29 is 4.74 Å². The lowest BCUT2D eigenvalue weighted by atomic mass is 10.0. The minimum absolute atomic E-state index is 0.754. The fourth-order valence-electron chi connectivity index (χ4n) is 1.56. The highest BCUT2D eigenvalue weighted by Crippen LogP contribution is 2.25. The number of hydrogen-bond donors (Lipinski definition) is 0. The molecule has 0 fully saturated rings. The van der Waals surface area contributed by atoms with Crippen LogP contribution in [0.3, 0.4) is 0 Å². The Morgan fingerprint density at radius 3 is 2.88 bits per heavy atom. The number of halogens is 2. The van der Waals surface area contributed by atoms with E-state index in [2.05, 4.69) is 28.9 Å². The molecular formula is C13H16BrClO. The van der Waals surface area contributed by atoms with Crippen molar-refractivity contribution in [3.8, 4) is 5.75 Å². The molecule has 1 nitrogen and oxygen atoms in total. The molecule has 0 aromatic heterocycles. The second-order valence-corrected chi connectivity index (χ2v) is 4.89. The van der Waals surface area contributed by atoms with E-state index in [1.165, 1.54) is 5.57 Å². The van der Waals surface area contributed by atoms with Gasteiger partial charge in [-0.1, -0.05) is 39.2 Å². The second-order valence-electron chi connectivity index (χ2n) is 3.66. The zero-order valence-electron chi connectivity index (χ0n) is 9.59. The summed E-state index contributed by atoms with van der Waals surface area (Å²) in [5, 5.41) is 1.75. The summed E-state index contributed by atoms with van der Waals surface area (Å²) >= 11 is 9.39. The molecule has 3 heteroatoms. The fraction of sp³-hybridized carbons (Fsp3) is 0.385. The van der Waals surface area contributed by atoms with Crippen LogP contribution in [0.1, 0.15) is 18.9 Å². The Balaban J connectivity index is 2.82. The van der Waals surface area contributed by atoms with Gasteiger partial charge in [-0.3, -0.25) is 0 Å². The maximum Gasteiger partial charge on any atom is 0.122 e. The van der Waals surface area contributed by atoms with Crippen LogP contribution in [0.5, 0.6) is 5.75 Å². The number of benzene rings is 1. The first-order chi connectivity index (χ1) is 7.67. The standard InChI is InChI=1S/C13H16BrClO/c1-10(4-3-7-14)8-11-9-12(15)5-6-13(11)16-2/h4-6,9H,3,7-8H2,1-2H3. The molecule has 0 aliphatic rings. The largest absolute Gasteiger partial charge is 0.496 e. The van der Waals surface area contributed by atoms with E-state index in [0.29, 0.717) is 0 Å². The van der Waals surface area contributed by atoms with Gasteiger partial charge in [-0.15, -0.1) is 0 Å². The maximum atomic E-state index is 5.98. The number of methoxy groups -OCH3 is 1. The Bertz CT molecular complexity index is 374. The normalized spacial score (nSPS) is 11.6. The Morgan fingerprint density at radius 2 is 2.25 bits per heavy atom. The molecule has 0 N–H and O–H groups in total. The van der Waals surface area contributed by atoms with Crippen molar-refractivity contribution in [2.24, 2.45) is 0 Å². The molecule has 0 atom stereocenters. The minimum atomic E-state index is 0.754. The smallest absolute Gasteiger partial charge is 0.122 e. The highest BCUT2D eigenvalue weighted by Gasteiger charge is 2.04. The third-order valence-corrected chi connectivity index (χ3v) is 3.01. The van der Waals surface area contributed by atoms with E-state index in [4.69, 9.17) is 16.3 Å². The van der Waals surface area contributed by atoms with Crippen LogP contribution in [0.25, 0.3) is 0 Å². The third-order valence-electron chi connectivity index (χ3n) is 2.31. The molecule has 0 aliphatic carbocycles. The van der Waals surface area contributed by atoms with E-state index in [9.17, 15) is 0 Å². The highest BCUT2D eigenvalue weighted by molar-refractivity contribution is 9.09. The molecule has 0 amide bonds. The summed E-state index contributed by atoms with van der Waals surface area (Å²) in [4.78, 5) is 0. The molecule has 0 saturated heterocycles. The van der Waals surface area contributed by atoms with Crippen molar-refractivity contribution in [2.45, 2.75) is 19.8 Å². The minimum Gasteiger partial charge on any atom is -0.496 e. The SMILES string of the molecule is COc1ccc(Cl)cc1CC(C)=CCCBr. The summed E-state index contributed by atoms with van der Waals surface area (Å²) in [7, 11) is 1.68. The quantitative estimate of drug-likeness (QED) is 0.569. The number of alkyl halides is 1. The molecular weight excluding hydrogens is 287 g/mol. The van der Waals surface area contributed by atoms with Gasteiger partial charge in [-0.05, 0) is 43.5 Å². The van der Waals surface area contributed by atoms with E-state index in [1.807, 2.05) is 18.2 Å². The van der Waals surface area contributed by atoms with Crippen molar-refractivity contribution in [3.63, 3.8) is 0 Å². The predicted octanol–water partition coefficient (Wildman–Crippen LogP) is 4.62. The summed E-state index contributed by atoms with van der Waals surface area (Å²) in [5.41, 5.74) is 2.47. The van der Waals surface area contributed by atoms with Crippen molar-refractivity contribution in [3.05, 3.63) is 40.4 Å². The van der Waals surface area contributed by atoms with Gasteiger partial charge in [0.1, 0.15) is 5.75 Å². The first-order valence-electron chi connectivity index (χ1n) is 5.21.